The van der Waals surface area contributed by atoms with E-state index in [0.717, 1.165) is 25.7 Å². The second-order valence-electron chi connectivity index (χ2n) is 6.64. The number of carbonyl (C=O) groups excluding carboxylic acids is 2. The average Bonchev–Trinajstić information content (AvgIpc) is 3.02. The van der Waals surface area contributed by atoms with Crippen LogP contribution >= 0.6 is 0 Å². The number of halogens is 1. The first-order valence-electron chi connectivity index (χ1n) is 8.38. The second kappa shape index (κ2) is 6.69. The Morgan fingerprint density at radius 3 is 2.70 bits per heavy atom. The number of nitrogens with zero attached hydrogens (tertiary/aromatic N) is 1. The molecule has 0 radical (unpaired) electrons. The van der Waals surface area contributed by atoms with Crippen molar-refractivity contribution in [1.82, 2.24) is 10.2 Å². The first-order valence-corrected chi connectivity index (χ1v) is 8.38. The van der Waals surface area contributed by atoms with Crippen molar-refractivity contribution < 1.29 is 14.0 Å². The highest BCUT2D eigenvalue weighted by Crippen LogP contribution is 2.36. The maximum Gasteiger partial charge on any atom is 0.225 e. The van der Waals surface area contributed by atoms with Crippen LogP contribution in [0.25, 0.3) is 0 Å². The average molecular weight is 318 g/mol. The van der Waals surface area contributed by atoms with E-state index in [2.05, 4.69) is 5.32 Å². The van der Waals surface area contributed by atoms with Gasteiger partial charge in [-0.05, 0) is 37.0 Å². The summed E-state index contributed by atoms with van der Waals surface area (Å²) < 4.78 is 13.6. The lowest BCUT2D eigenvalue weighted by molar-refractivity contribution is -0.141. The molecule has 1 aliphatic heterocycles. The minimum Gasteiger partial charge on any atom is -0.353 e. The van der Waals surface area contributed by atoms with E-state index in [0.29, 0.717) is 18.4 Å². The molecule has 2 fully saturated rings. The molecular formula is C18H23FN2O2. The molecular weight excluding hydrogens is 295 g/mol. The summed E-state index contributed by atoms with van der Waals surface area (Å²) in [5, 5.41) is 3.13. The summed E-state index contributed by atoms with van der Waals surface area (Å²) in [6.07, 6.45) is 5.24. The smallest absolute Gasteiger partial charge is 0.225 e. The minimum absolute atomic E-state index is 0.00387. The maximum absolute atomic E-state index is 13.6. The maximum atomic E-state index is 13.6. The van der Waals surface area contributed by atoms with Crippen LogP contribution in [0.3, 0.4) is 0 Å². The second-order valence-corrected chi connectivity index (χ2v) is 6.64. The Morgan fingerprint density at radius 2 is 2.00 bits per heavy atom. The fourth-order valence-electron chi connectivity index (χ4n) is 3.84. The number of likely N-dealkylation sites (tertiary alicyclic amines) is 1. The van der Waals surface area contributed by atoms with Gasteiger partial charge < -0.3 is 10.2 Å². The number of amides is 2. The van der Waals surface area contributed by atoms with E-state index < -0.39 is 6.04 Å². The van der Waals surface area contributed by atoms with Crippen LogP contribution < -0.4 is 5.32 Å². The molecule has 2 atom stereocenters. The van der Waals surface area contributed by atoms with Crippen LogP contribution in [0, 0.1) is 11.7 Å². The van der Waals surface area contributed by atoms with E-state index in [9.17, 15) is 14.0 Å². The van der Waals surface area contributed by atoms with Crippen LogP contribution in [0.2, 0.25) is 0 Å². The van der Waals surface area contributed by atoms with Crippen molar-refractivity contribution >= 4 is 11.8 Å². The fraction of sp³-hybridized carbons (Fsp3) is 0.556. The molecule has 2 amide bonds. The number of hydrogen-bond donors (Lipinski definition) is 1. The lowest BCUT2D eigenvalue weighted by Gasteiger charge is -2.39. The summed E-state index contributed by atoms with van der Waals surface area (Å²) in [5.41, 5.74) is 0.687. The van der Waals surface area contributed by atoms with E-state index in [-0.39, 0.29) is 29.6 Å². The summed E-state index contributed by atoms with van der Waals surface area (Å²) in [5.74, 6) is -0.668. The molecule has 1 saturated carbocycles. The molecule has 1 N–H and O–H groups in total. The molecule has 3 rings (SSSR count). The minimum atomic E-state index is -0.395. The SMILES string of the molecule is CN1C(=O)CC[C@H](C(=O)NC2CCCC2)[C@@H]1c1cccc(F)c1. The van der Waals surface area contributed by atoms with Crippen LogP contribution in [-0.4, -0.2) is 29.8 Å². The quantitative estimate of drug-likeness (QED) is 0.931. The normalized spacial score (nSPS) is 25.7. The van der Waals surface area contributed by atoms with Crippen molar-refractivity contribution in [2.75, 3.05) is 7.05 Å². The summed E-state index contributed by atoms with van der Waals surface area (Å²) >= 11 is 0. The fourth-order valence-corrected chi connectivity index (χ4v) is 3.84. The third kappa shape index (κ3) is 3.38. The van der Waals surface area contributed by atoms with Gasteiger partial charge in [-0.2, -0.15) is 0 Å². The van der Waals surface area contributed by atoms with Crippen LogP contribution in [0.4, 0.5) is 4.39 Å². The van der Waals surface area contributed by atoms with Gasteiger partial charge in [0.1, 0.15) is 5.82 Å². The molecule has 0 aromatic heterocycles. The summed E-state index contributed by atoms with van der Waals surface area (Å²) in [6, 6.07) is 6.08. The van der Waals surface area contributed by atoms with Crippen LogP contribution in [0.5, 0.6) is 0 Å². The number of benzene rings is 1. The summed E-state index contributed by atoms with van der Waals surface area (Å²) in [4.78, 5) is 26.4. The Kier molecular flexibility index (Phi) is 4.64. The van der Waals surface area contributed by atoms with E-state index in [1.165, 1.54) is 12.1 Å². The molecule has 1 aromatic rings. The van der Waals surface area contributed by atoms with Gasteiger partial charge in [-0.1, -0.05) is 25.0 Å². The van der Waals surface area contributed by atoms with Gasteiger partial charge in [0.2, 0.25) is 11.8 Å². The number of rotatable bonds is 3. The van der Waals surface area contributed by atoms with Crippen molar-refractivity contribution in [2.24, 2.45) is 5.92 Å². The Hall–Kier alpha value is -1.91. The van der Waals surface area contributed by atoms with Crippen molar-refractivity contribution in [3.8, 4) is 0 Å². The zero-order valence-electron chi connectivity index (χ0n) is 13.4. The third-order valence-electron chi connectivity index (χ3n) is 5.09. The van der Waals surface area contributed by atoms with Crippen molar-refractivity contribution in [1.29, 1.82) is 0 Å². The topological polar surface area (TPSA) is 49.4 Å². The largest absolute Gasteiger partial charge is 0.353 e. The van der Waals surface area contributed by atoms with E-state index in [4.69, 9.17) is 0 Å². The molecule has 0 spiro atoms. The Labute approximate surface area is 136 Å². The Bertz CT molecular complexity index is 598. The number of nitrogens with one attached hydrogen (secondary N) is 1. The van der Waals surface area contributed by atoms with Crippen LogP contribution in [0.1, 0.15) is 50.1 Å². The molecule has 124 valence electrons. The standard InChI is InChI=1S/C18H23FN2O2/c1-21-16(22)10-9-15(18(23)20-14-7-2-3-8-14)17(21)12-5-4-6-13(19)11-12/h4-6,11,14-15,17H,2-3,7-10H2,1H3,(H,20,23)/t15-,17-/m0/s1. The highest BCUT2D eigenvalue weighted by Gasteiger charge is 2.39. The lowest BCUT2D eigenvalue weighted by atomic mass is 9.83. The third-order valence-corrected chi connectivity index (χ3v) is 5.09. The molecule has 0 bridgehead atoms. The van der Waals surface area contributed by atoms with Gasteiger partial charge in [0.15, 0.2) is 0 Å². The number of hydrogen-bond acceptors (Lipinski definition) is 2. The molecule has 0 unspecified atom stereocenters. The van der Waals surface area contributed by atoms with E-state index >= 15 is 0 Å². The molecule has 2 aliphatic rings. The molecule has 1 aliphatic carbocycles. The van der Waals surface area contributed by atoms with Gasteiger partial charge in [-0.25, -0.2) is 4.39 Å². The van der Waals surface area contributed by atoms with Gasteiger partial charge >= 0.3 is 0 Å². The molecule has 1 heterocycles. The number of piperidine rings is 1. The van der Waals surface area contributed by atoms with Gasteiger partial charge in [-0.3, -0.25) is 9.59 Å². The molecule has 4 nitrogen and oxygen atoms in total. The lowest BCUT2D eigenvalue weighted by Crippen LogP contribution is -2.48. The first-order chi connectivity index (χ1) is 11.1. The van der Waals surface area contributed by atoms with Gasteiger partial charge in [0.05, 0.1) is 12.0 Å². The molecule has 23 heavy (non-hydrogen) atoms. The molecule has 1 saturated heterocycles. The predicted molar refractivity (Wildman–Crippen MR) is 85.0 cm³/mol. The van der Waals surface area contributed by atoms with E-state index in [1.807, 2.05) is 0 Å². The highest BCUT2D eigenvalue weighted by atomic mass is 19.1. The summed E-state index contributed by atoms with van der Waals surface area (Å²) in [6.45, 7) is 0. The zero-order valence-corrected chi connectivity index (χ0v) is 13.4. The van der Waals surface area contributed by atoms with Gasteiger partial charge in [-0.15, -0.1) is 0 Å². The monoisotopic (exact) mass is 318 g/mol. The molecule has 1 aromatic carbocycles. The Balaban J connectivity index is 1.83. The van der Waals surface area contributed by atoms with Crippen molar-refractivity contribution in [2.45, 2.75) is 50.6 Å². The zero-order chi connectivity index (χ0) is 16.4. The highest BCUT2D eigenvalue weighted by molar-refractivity contribution is 5.85. The van der Waals surface area contributed by atoms with Gasteiger partial charge in [0.25, 0.3) is 0 Å². The van der Waals surface area contributed by atoms with Crippen LogP contribution in [0.15, 0.2) is 24.3 Å². The number of carbonyl (C=O) groups is 2. The molecule has 5 heteroatoms. The van der Waals surface area contributed by atoms with Crippen molar-refractivity contribution in [3.63, 3.8) is 0 Å². The van der Waals surface area contributed by atoms with E-state index in [1.54, 1.807) is 24.1 Å². The Morgan fingerprint density at radius 1 is 1.26 bits per heavy atom. The summed E-state index contributed by atoms with van der Waals surface area (Å²) in [7, 11) is 1.70. The van der Waals surface area contributed by atoms with Crippen molar-refractivity contribution in [3.05, 3.63) is 35.6 Å². The predicted octanol–water partition coefficient (Wildman–Crippen LogP) is 2.79. The van der Waals surface area contributed by atoms with Gasteiger partial charge in [0, 0.05) is 19.5 Å². The van der Waals surface area contributed by atoms with Crippen LogP contribution in [-0.2, 0) is 9.59 Å². The first kappa shape index (κ1) is 16.0.